The number of likely N-dealkylation sites (tertiary alicyclic amines) is 1. The molecule has 2 heterocycles. The molecule has 1 aromatic heterocycles. The van der Waals surface area contributed by atoms with Crippen molar-refractivity contribution in [2.24, 2.45) is 0 Å². The summed E-state index contributed by atoms with van der Waals surface area (Å²) in [4.78, 5) is 36.8. The molecule has 1 amide bonds. The van der Waals surface area contributed by atoms with E-state index in [0.29, 0.717) is 25.9 Å². The first-order valence-electron chi connectivity index (χ1n) is 7.91. The number of carboxylic acids is 1. The molecule has 25 heavy (non-hydrogen) atoms. The molecule has 132 valence electrons. The number of rotatable bonds is 4. The second-order valence-electron chi connectivity index (χ2n) is 6.03. The van der Waals surface area contributed by atoms with Crippen LogP contribution in [0.1, 0.15) is 23.4 Å². The number of fused-ring (bicyclic) bond motifs is 1. The van der Waals surface area contributed by atoms with Crippen molar-refractivity contribution < 1.29 is 23.5 Å². The highest BCUT2D eigenvalue weighted by Gasteiger charge is 2.23. The van der Waals surface area contributed by atoms with E-state index in [1.54, 1.807) is 4.90 Å². The Bertz CT molecular complexity index is 871. The predicted octanol–water partition coefficient (Wildman–Crippen LogP) is 1.21. The van der Waals surface area contributed by atoms with Gasteiger partial charge in [-0.25, -0.2) is 4.39 Å². The normalized spacial score (nSPS) is 16.0. The highest BCUT2D eigenvalue weighted by atomic mass is 19.1. The lowest BCUT2D eigenvalue weighted by molar-refractivity contribution is -0.138. The van der Waals surface area contributed by atoms with Gasteiger partial charge in [0.15, 0.2) is 11.2 Å². The van der Waals surface area contributed by atoms with Gasteiger partial charge in [0.25, 0.3) is 5.91 Å². The fourth-order valence-electron chi connectivity index (χ4n) is 2.92. The largest absolute Gasteiger partial charge is 0.480 e. The molecule has 1 aromatic carbocycles. The minimum absolute atomic E-state index is 0.0220. The van der Waals surface area contributed by atoms with Gasteiger partial charge >= 0.3 is 5.97 Å². The molecular formula is C17H17FN2O5. The Labute approximate surface area is 142 Å². The van der Waals surface area contributed by atoms with Crippen molar-refractivity contribution in [1.82, 2.24) is 10.2 Å². The van der Waals surface area contributed by atoms with Crippen molar-refractivity contribution in [3.8, 4) is 0 Å². The summed E-state index contributed by atoms with van der Waals surface area (Å²) in [5.41, 5.74) is -0.392. The lowest BCUT2D eigenvalue weighted by Gasteiger charge is -2.31. The summed E-state index contributed by atoms with van der Waals surface area (Å²) in [6.07, 6.45) is 1.21. The van der Waals surface area contributed by atoms with E-state index in [9.17, 15) is 18.8 Å². The van der Waals surface area contributed by atoms with Gasteiger partial charge in [0.1, 0.15) is 11.4 Å². The molecule has 0 spiro atoms. The lowest BCUT2D eigenvalue weighted by atomic mass is 10.0. The Morgan fingerprint density at radius 2 is 2.00 bits per heavy atom. The fraction of sp³-hybridized carbons (Fsp3) is 0.353. The number of hydrogen-bond donors (Lipinski definition) is 2. The number of carbonyl (C=O) groups excluding carboxylic acids is 1. The molecule has 8 heteroatoms. The number of hydrogen-bond acceptors (Lipinski definition) is 5. The zero-order valence-electron chi connectivity index (χ0n) is 13.3. The number of aliphatic carboxylic acids is 1. The topological polar surface area (TPSA) is 99.9 Å². The molecule has 0 saturated carbocycles. The average molecular weight is 348 g/mol. The zero-order chi connectivity index (χ0) is 18.0. The van der Waals surface area contributed by atoms with E-state index in [2.05, 4.69) is 5.32 Å². The number of piperidine rings is 1. The number of halogens is 1. The van der Waals surface area contributed by atoms with Crippen LogP contribution in [0.4, 0.5) is 4.39 Å². The van der Waals surface area contributed by atoms with Crippen molar-refractivity contribution in [1.29, 1.82) is 0 Å². The minimum atomic E-state index is -0.882. The average Bonchev–Trinajstić information content (AvgIpc) is 2.55. The first-order valence-corrected chi connectivity index (χ1v) is 7.91. The summed E-state index contributed by atoms with van der Waals surface area (Å²) >= 11 is 0. The Hall–Kier alpha value is -2.74. The number of nitrogens with one attached hydrogen (secondary N) is 1. The monoisotopic (exact) mass is 348 g/mol. The Balaban J connectivity index is 1.69. The first kappa shape index (κ1) is 17.1. The predicted molar refractivity (Wildman–Crippen MR) is 87.0 cm³/mol. The molecule has 0 unspecified atom stereocenters. The van der Waals surface area contributed by atoms with Crippen LogP contribution in [0.2, 0.25) is 0 Å². The third kappa shape index (κ3) is 4.03. The molecule has 2 aromatic rings. The van der Waals surface area contributed by atoms with Gasteiger partial charge in [-0.3, -0.25) is 19.3 Å². The Morgan fingerprint density at radius 1 is 1.28 bits per heavy atom. The van der Waals surface area contributed by atoms with Crippen LogP contribution in [0.5, 0.6) is 0 Å². The van der Waals surface area contributed by atoms with Gasteiger partial charge in [0.05, 0.1) is 11.9 Å². The molecule has 0 atom stereocenters. The van der Waals surface area contributed by atoms with Crippen molar-refractivity contribution in [2.45, 2.75) is 18.9 Å². The van der Waals surface area contributed by atoms with Crippen LogP contribution in [-0.2, 0) is 4.79 Å². The summed E-state index contributed by atoms with van der Waals surface area (Å²) < 4.78 is 18.7. The maximum atomic E-state index is 13.3. The Morgan fingerprint density at radius 3 is 2.68 bits per heavy atom. The van der Waals surface area contributed by atoms with Gasteiger partial charge < -0.3 is 14.8 Å². The summed E-state index contributed by atoms with van der Waals surface area (Å²) in [7, 11) is 0. The van der Waals surface area contributed by atoms with E-state index in [0.717, 1.165) is 18.2 Å². The first-order chi connectivity index (χ1) is 11.9. The van der Waals surface area contributed by atoms with Crippen LogP contribution in [0.15, 0.2) is 33.5 Å². The van der Waals surface area contributed by atoms with Gasteiger partial charge in [-0.1, -0.05) is 0 Å². The molecule has 3 rings (SSSR count). The number of amides is 1. The van der Waals surface area contributed by atoms with Crippen LogP contribution in [0, 0.1) is 5.82 Å². The van der Waals surface area contributed by atoms with Crippen LogP contribution in [-0.4, -0.2) is 47.6 Å². The number of carbonyl (C=O) groups is 2. The van der Waals surface area contributed by atoms with E-state index in [-0.39, 0.29) is 29.3 Å². The second kappa shape index (κ2) is 7.02. The third-order valence-electron chi connectivity index (χ3n) is 4.20. The molecule has 0 aliphatic carbocycles. The molecule has 0 radical (unpaired) electrons. The van der Waals surface area contributed by atoms with E-state index in [1.165, 1.54) is 6.07 Å². The van der Waals surface area contributed by atoms with Crippen LogP contribution in [0.25, 0.3) is 11.0 Å². The van der Waals surface area contributed by atoms with E-state index in [1.807, 2.05) is 0 Å². The van der Waals surface area contributed by atoms with Gasteiger partial charge in [-0.15, -0.1) is 0 Å². The number of carboxylic acid groups (broad SMARTS) is 1. The summed E-state index contributed by atoms with van der Waals surface area (Å²) in [5, 5.41) is 11.8. The van der Waals surface area contributed by atoms with Crippen molar-refractivity contribution >= 4 is 22.8 Å². The maximum absolute atomic E-state index is 13.3. The molecule has 1 saturated heterocycles. The fourth-order valence-corrected chi connectivity index (χ4v) is 2.92. The van der Waals surface area contributed by atoms with Gasteiger partial charge in [-0.05, 0) is 25.0 Å². The van der Waals surface area contributed by atoms with E-state index >= 15 is 0 Å². The quantitative estimate of drug-likeness (QED) is 0.862. The summed E-state index contributed by atoms with van der Waals surface area (Å²) in [6, 6.07) is 4.50. The van der Waals surface area contributed by atoms with Gasteiger partial charge in [-0.2, -0.15) is 0 Å². The van der Waals surface area contributed by atoms with E-state index < -0.39 is 23.1 Å². The SMILES string of the molecule is O=C(O)CN1CCC(NC(=O)c2cc(=O)c3ccc(F)cc3o2)CC1. The molecule has 1 aliphatic heterocycles. The molecule has 7 nitrogen and oxygen atoms in total. The molecular weight excluding hydrogens is 331 g/mol. The molecule has 1 aliphatic rings. The smallest absolute Gasteiger partial charge is 0.317 e. The Kier molecular flexibility index (Phi) is 4.80. The molecule has 2 N–H and O–H groups in total. The van der Waals surface area contributed by atoms with Crippen LogP contribution >= 0.6 is 0 Å². The third-order valence-corrected chi connectivity index (χ3v) is 4.20. The standard InChI is InChI=1S/C17H17FN2O5/c18-10-1-2-12-13(21)8-15(25-14(12)7-10)17(24)19-11-3-5-20(6-4-11)9-16(22)23/h1-2,7-8,11H,3-6,9H2,(H,19,24)(H,22,23). The summed E-state index contributed by atoms with van der Waals surface area (Å²) in [5.74, 6) is -2.15. The highest BCUT2D eigenvalue weighted by Crippen LogP contribution is 2.15. The molecule has 0 bridgehead atoms. The van der Waals surface area contributed by atoms with Crippen molar-refractivity contribution in [3.05, 3.63) is 46.1 Å². The maximum Gasteiger partial charge on any atom is 0.317 e. The zero-order valence-corrected chi connectivity index (χ0v) is 13.3. The molecule has 1 fully saturated rings. The van der Waals surface area contributed by atoms with Crippen molar-refractivity contribution in [2.75, 3.05) is 19.6 Å². The minimum Gasteiger partial charge on any atom is -0.480 e. The second-order valence-corrected chi connectivity index (χ2v) is 6.03. The van der Waals surface area contributed by atoms with Crippen LogP contribution < -0.4 is 10.7 Å². The lowest BCUT2D eigenvalue weighted by Crippen LogP contribution is -2.46. The van der Waals surface area contributed by atoms with Crippen molar-refractivity contribution in [3.63, 3.8) is 0 Å². The number of benzene rings is 1. The van der Waals surface area contributed by atoms with Gasteiger partial charge in [0.2, 0.25) is 0 Å². The van der Waals surface area contributed by atoms with Gasteiger partial charge in [0, 0.05) is 31.3 Å². The summed E-state index contributed by atoms with van der Waals surface area (Å²) in [6.45, 7) is 1.10. The highest BCUT2D eigenvalue weighted by molar-refractivity contribution is 5.93. The van der Waals surface area contributed by atoms with Crippen LogP contribution in [0.3, 0.4) is 0 Å². The number of nitrogens with zero attached hydrogens (tertiary/aromatic N) is 1. The van der Waals surface area contributed by atoms with E-state index in [4.69, 9.17) is 9.52 Å².